The maximum Gasteiger partial charge on any atom is 0.259 e. The van der Waals surface area contributed by atoms with Gasteiger partial charge in [0.1, 0.15) is 5.75 Å². The van der Waals surface area contributed by atoms with E-state index in [0.717, 1.165) is 21.5 Å². The molecule has 1 amide bonds. The summed E-state index contributed by atoms with van der Waals surface area (Å²) in [5.74, 6) is 0.548. The fraction of sp³-hybridized carbons (Fsp3) is 0.125. The number of halogens is 1. The topological polar surface area (TPSA) is 62.7 Å². The Hall–Kier alpha value is -2.34. The smallest absolute Gasteiger partial charge is 0.259 e. The van der Waals surface area contributed by atoms with Gasteiger partial charge in [-0.3, -0.25) is 4.79 Å². The third-order valence-electron chi connectivity index (χ3n) is 2.84. The minimum atomic E-state index is -0.223. The first-order chi connectivity index (χ1) is 10.7. The first-order valence-electron chi connectivity index (χ1n) is 6.63. The Balaban J connectivity index is 1.79. The second-order valence-electron chi connectivity index (χ2n) is 4.40. The maximum atomic E-state index is 11.7. The van der Waals surface area contributed by atoms with Crippen molar-refractivity contribution in [3.05, 3.63) is 58.6 Å². The van der Waals surface area contributed by atoms with Crippen LogP contribution < -0.4 is 15.5 Å². The molecule has 0 aliphatic carbocycles. The van der Waals surface area contributed by atoms with Crippen LogP contribution in [-0.4, -0.2) is 25.8 Å². The zero-order chi connectivity index (χ0) is 15.8. The number of ether oxygens (including phenoxy) is 1. The summed E-state index contributed by atoms with van der Waals surface area (Å²) in [6.07, 6.45) is 1.59. The number of hydrogen-bond donors (Lipinski definition) is 2. The van der Waals surface area contributed by atoms with Crippen LogP contribution in [0.4, 0.5) is 5.69 Å². The number of benzene rings is 2. The molecule has 0 atom stereocenters. The molecule has 0 aliphatic heterocycles. The summed E-state index contributed by atoms with van der Waals surface area (Å²) >= 11 is 3.41. The Morgan fingerprint density at radius 1 is 1.23 bits per heavy atom. The quantitative estimate of drug-likeness (QED) is 0.613. The molecule has 0 heterocycles. The van der Waals surface area contributed by atoms with Crippen molar-refractivity contribution < 1.29 is 9.53 Å². The normalized spacial score (nSPS) is 10.5. The van der Waals surface area contributed by atoms with Gasteiger partial charge in [0.25, 0.3) is 5.91 Å². The van der Waals surface area contributed by atoms with Gasteiger partial charge in [0.15, 0.2) is 0 Å². The lowest BCUT2D eigenvalue weighted by atomic mass is 10.2. The van der Waals surface area contributed by atoms with E-state index < -0.39 is 0 Å². The average molecular weight is 362 g/mol. The van der Waals surface area contributed by atoms with Crippen LogP contribution in [0.1, 0.15) is 5.56 Å². The van der Waals surface area contributed by atoms with Gasteiger partial charge in [-0.15, -0.1) is 0 Å². The van der Waals surface area contributed by atoms with Crippen LogP contribution in [0, 0.1) is 0 Å². The van der Waals surface area contributed by atoms with E-state index in [1.807, 2.05) is 48.5 Å². The first-order valence-corrected chi connectivity index (χ1v) is 7.42. The van der Waals surface area contributed by atoms with E-state index in [-0.39, 0.29) is 12.5 Å². The van der Waals surface area contributed by atoms with Crippen molar-refractivity contribution in [1.29, 1.82) is 0 Å². The lowest BCUT2D eigenvalue weighted by Crippen LogP contribution is -2.25. The third-order valence-corrected chi connectivity index (χ3v) is 3.56. The van der Waals surface area contributed by atoms with Gasteiger partial charge in [-0.2, -0.15) is 5.10 Å². The standard InChI is InChI=1S/C16H16BrN3O2/c1-22-14-8-6-13(7-9-14)18-11-16(21)20-19-10-12-4-2-3-5-15(12)17/h2-10,18H,11H2,1H3,(H,20,21)/b19-10+. The van der Waals surface area contributed by atoms with Crippen LogP contribution in [0.3, 0.4) is 0 Å². The van der Waals surface area contributed by atoms with Crippen LogP contribution in [0.5, 0.6) is 5.75 Å². The van der Waals surface area contributed by atoms with E-state index >= 15 is 0 Å². The van der Waals surface area contributed by atoms with Crippen LogP contribution in [0.2, 0.25) is 0 Å². The summed E-state index contributed by atoms with van der Waals surface area (Å²) in [5, 5.41) is 6.93. The number of amides is 1. The third kappa shape index (κ3) is 4.89. The first kappa shape index (κ1) is 16.0. The Bertz CT molecular complexity index is 657. The summed E-state index contributed by atoms with van der Waals surface area (Å²) in [5.41, 5.74) is 4.21. The van der Waals surface area contributed by atoms with Crippen LogP contribution >= 0.6 is 15.9 Å². The molecule has 0 aliphatic rings. The van der Waals surface area contributed by atoms with Crippen molar-refractivity contribution >= 4 is 33.7 Å². The van der Waals surface area contributed by atoms with E-state index in [2.05, 4.69) is 31.8 Å². The lowest BCUT2D eigenvalue weighted by Gasteiger charge is -2.06. The van der Waals surface area contributed by atoms with E-state index in [1.165, 1.54) is 0 Å². The Morgan fingerprint density at radius 3 is 2.64 bits per heavy atom. The Labute approximate surface area is 137 Å². The predicted molar refractivity (Wildman–Crippen MR) is 91.4 cm³/mol. The Kier molecular flexibility index (Phi) is 5.97. The van der Waals surface area contributed by atoms with Crippen LogP contribution in [0.15, 0.2) is 58.1 Å². The van der Waals surface area contributed by atoms with Gasteiger partial charge < -0.3 is 10.1 Å². The number of hydrogen-bond acceptors (Lipinski definition) is 4. The van der Waals surface area contributed by atoms with E-state index in [9.17, 15) is 4.79 Å². The van der Waals surface area contributed by atoms with E-state index in [4.69, 9.17) is 4.74 Å². The van der Waals surface area contributed by atoms with Gasteiger partial charge in [-0.1, -0.05) is 34.1 Å². The number of methoxy groups -OCH3 is 1. The van der Waals surface area contributed by atoms with Gasteiger partial charge in [0.2, 0.25) is 0 Å². The number of carbonyl (C=O) groups excluding carboxylic acids is 1. The zero-order valence-electron chi connectivity index (χ0n) is 12.0. The molecule has 6 heteroatoms. The molecule has 2 aromatic rings. The number of nitrogens with zero attached hydrogens (tertiary/aromatic N) is 1. The largest absolute Gasteiger partial charge is 0.497 e. The number of nitrogens with one attached hydrogen (secondary N) is 2. The SMILES string of the molecule is COc1ccc(NCC(=O)N/N=C/c2ccccc2Br)cc1. The molecule has 0 unspecified atom stereocenters. The van der Waals surface area contributed by atoms with Crippen LogP contribution in [-0.2, 0) is 4.79 Å². The Morgan fingerprint density at radius 2 is 1.95 bits per heavy atom. The molecule has 0 aromatic heterocycles. The average Bonchev–Trinajstić information content (AvgIpc) is 2.55. The minimum Gasteiger partial charge on any atom is -0.497 e. The molecule has 0 saturated carbocycles. The molecular formula is C16H16BrN3O2. The molecule has 114 valence electrons. The summed E-state index contributed by atoms with van der Waals surface area (Å²) in [4.78, 5) is 11.7. The number of hydrazone groups is 1. The molecule has 2 aromatic carbocycles. The van der Waals surface area contributed by atoms with Gasteiger partial charge in [-0.25, -0.2) is 5.43 Å². The second kappa shape index (κ2) is 8.19. The lowest BCUT2D eigenvalue weighted by molar-refractivity contribution is -0.119. The highest BCUT2D eigenvalue weighted by Gasteiger charge is 2.00. The molecule has 2 rings (SSSR count). The van der Waals surface area contributed by atoms with Crippen molar-refractivity contribution in [1.82, 2.24) is 5.43 Å². The predicted octanol–water partition coefficient (Wildman–Crippen LogP) is 3.02. The summed E-state index contributed by atoms with van der Waals surface area (Å²) in [6.45, 7) is 0.139. The highest BCUT2D eigenvalue weighted by atomic mass is 79.9. The molecule has 0 fully saturated rings. The van der Waals surface area contributed by atoms with Crippen molar-refractivity contribution in [3.8, 4) is 5.75 Å². The van der Waals surface area contributed by atoms with Crippen molar-refractivity contribution in [2.75, 3.05) is 19.0 Å². The highest BCUT2D eigenvalue weighted by molar-refractivity contribution is 9.10. The molecule has 2 N–H and O–H groups in total. The fourth-order valence-electron chi connectivity index (χ4n) is 1.68. The van der Waals surface area contributed by atoms with Crippen LogP contribution in [0.25, 0.3) is 0 Å². The highest BCUT2D eigenvalue weighted by Crippen LogP contribution is 2.14. The molecule has 0 spiro atoms. The molecule has 0 radical (unpaired) electrons. The molecule has 0 bridgehead atoms. The molecule has 5 nitrogen and oxygen atoms in total. The van der Waals surface area contributed by atoms with Gasteiger partial charge >= 0.3 is 0 Å². The minimum absolute atomic E-state index is 0.139. The second-order valence-corrected chi connectivity index (χ2v) is 5.25. The van der Waals surface area contributed by atoms with Gasteiger partial charge in [0.05, 0.1) is 19.9 Å². The number of rotatable bonds is 6. The number of anilines is 1. The summed E-state index contributed by atoms with van der Waals surface area (Å²) < 4.78 is 5.99. The molecular weight excluding hydrogens is 346 g/mol. The summed E-state index contributed by atoms with van der Waals surface area (Å²) in [7, 11) is 1.61. The maximum absolute atomic E-state index is 11.7. The monoisotopic (exact) mass is 361 g/mol. The van der Waals surface area contributed by atoms with E-state index in [0.29, 0.717) is 0 Å². The van der Waals surface area contributed by atoms with Gasteiger partial charge in [-0.05, 0) is 30.3 Å². The zero-order valence-corrected chi connectivity index (χ0v) is 13.6. The van der Waals surface area contributed by atoms with Crippen molar-refractivity contribution in [2.24, 2.45) is 5.10 Å². The molecule has 0 saturated heterocycles. The van der Waals surface area contributed by atoms with Gasteiger partial charge in [0, 0.05) is 15.7 Å². The number of carbonyl (C=O) groups is 1. The van der Waals surface area contributed by atoms with Crippen molar-refractivity contribution in [3.63, 3.8) is 0 Å². The fourth-order valence-corrected chi connectivity index (χ4v) is 2.07. The molecule has 22 heavy (non-hydrogen) atoms. The van der Waals surface area contributed by atoms with E-state index in [1.54, 1.807) is 13.3 Å². The van der Waals surface area contributed by atoms with Crippen molar-refractivity contribution in [2.45, 2.75) is 0 Å². The summed E-state index contributed by atoms with van der Waals surface area (Å²) in [6, 6.07) is 15.0.